The molecule has 0 bridgehead atoms. The fourth-order valence-electron chi connectivity index (χ4n) is 2.48. The third kappa shape index (κ3) is 4.03. The largest absolute Gasteiger partial charge is 0.460 e. The number of hydrazine groups is 1. The molecule has 3 rings (SSSR count). The van der Waals surface area contributed by atoms with Crippen LogP contribution in [0.5, 0.6) is 0 Å². The molecule has 1 fully saturated rings. The van der Waals surface area contributed by atoms with Crippen molar-refractivity contribution in [3.8, 4) is 0 Å². The van der Waals surface area contributed by atoms with E-state index in [1.54, 1.807) is 30.3 Å². The van der Waals surface area contributed by atoms with E-state index in [9.17, 15) is 14.4 Å². The molecule has 1 aliphatic rings. The van der Waals surface area contributed by atoms with Gasteiger partial charge in [0.1, 0.15) is 6.61 Å². The molecule has 1 saturated heterocycles. The van der Waals surface area contributed by atoms with Gasteiger partial charge in [-0.25, -0.2) is 0 Å². The molecule has 1 atom stereocenters. The van der Waals surface area contributed by atoms with Crippen molar-refractivity contribution >= 4 is 17.8 Å². The molecule has 2 amide bonds. The average Bonchev–Trinajstić information content (AvgIpc) is 2.65. The topological polar surface area (TPSA) is 75.7 Å². The van der Waals surface area contributed by atoms with Gasteiger partial charge in [-0.15, -0.1) is 0 Å². The summed E-state index contributed by atoms with van der Waals surface area (Å²) in [5, 5.41) is 1.21. The monoisotopic (exact) mass is 338 g/mol. The van der Waals surface area contributed by atoms with E-state index in [0.29, 0.717) is 18.5 Å². The molecular weight excluding hydrogens is 320 g/mol. The Morgan fingerprint density at radius 2 is 1.68 bits per heavy atom. The maximum absolute atomic E-state index is 12.5. The molecule has 25 heavy (non-hydrogen) atoms. The fraction of sp³-hybridized carbons (Fsp3) is 0.211. The number of esters is 1. The molecule has 0 unspecified atom stereocenters. The Hall–Kier alpha value is -3.15. The molecule has 128 valence electrons. The van der Waals surface area contributed by atoms with Crippen LogP contribution in [-0.4, -0.2) is 29.3 Å². The van der Waals surface area contributed by atoms with Gasteiger partial charge in [-0.05, 0) is 11.1 Å². The first-order chi connectivity index (χ1) is 12.1. The number of rotatable bonds is 6. The quantitative estimate of drug-likeness (QED) is 0.495. The Labute approximate surface area is 145 Å². The first-order valence-electron chi connectivity index (χ1n) is 8.01. The summed E-state index contributed by atoms with van der Waals surface area (Å²) in [5.74, 6) is -2.52. The highest BCUT2D eigenvalue weighted by molar-refractivity contribution is 6.04. The number of nitrogens with one attached hydrogen (secondary N) is 1. The Bertz CT molecular complexity index is 762. The molecular formula is C19H18N2O4. The maximum Gasteiger partial charge on any atom is 0.323 e. The minimum Gasteiger partial charge on any atom is -0.460 e. The number of β-lactam (4-membered cyclic amide) rings is 1. The van der Waals surface area contributed by atoms with Gasteiger partial charge in [0.25, 0.3) is 5.91 Å². The van der Waals surface area contributed by atoms with E-state index in [-0.39, 0.29) is 12.5 Å². The molecule has 0 aliphatic carbocycles. The van der Waals surface area contributed by atoms with Gasteiger partial charge in [0, 0.05) is 6.42 Å². The summed E-state index contributed by atoms with van der Waals surface area (Å²) in [6, 6.07) is 17.9. The molecule has 1 N–H and O–H groups in total. The van der Waals surface area contributed by atoms with Gasteiger partial charge in [0.15, 0.2) is 5.92 Å². The van der Waals surface area contributed by atoms with Crippen LogP contribution in [0.15, 0.2) is 60.7 Å². The van der Waals surface area contributed by atoms with Crippen molar-refractivity contribution in [2.45, 2.75) is 18.9 Å². The average molecular weight is 338 g/mol. The van der Waals surface area contributed by atoms with Crippen LogP contribution in [0.25, 0.3) is 0 Å². The van der Waals surface area contributed by atoms with Crippen molar-refractivity contribution < 1.29 is 19.1 Å². The third-order valence-corrected chi connectivity index (χ3v) is 3.95. The second-order valence-corrected chi connectivity index (χ2v) is 5.71. The zero-order valence-corrected chi connectivity index (χ0v) is 13.6. The van der Waals surface area contributed by atoms with Crippen LogP contribution >= 0.6 is 0 Å². The minimum atomic E-state index is -1.13. The van der Waals surface area contributed by atoms with Gasteiger partial charge in [0.2, 0.25) is 5.91 Å². The molecule has 6 heteroatoms. The first-order valence-corrected chi connectivity index (χ1v) is 8.01. The molecule has 1 heterocycles. The predicted octanol–water partition coefficient (Wildman–Crippen LogP) is 1.78. The van der Waals surface area contributed by atoms with E-state index >= 15 is 0 Å². The number of carbonyl (C=O) groups excluding carboxylic acids is 3. The SMILES string of the molecule is O=C(NN1CCC1=O)[C@@H](C(=O)OCc1ccccc1)c1ccccc1. The van der Waals surface area contributed by atoms with Crippen molar-refractivity contribution in [2.75, 3.05) is 6.54 Å². The first kappa shape index (κ1) is 16.7. The van der Waals surface area contributed by atoms with E-state index in [1.807, 2.05) is 30.3 Å². The van der Waals surface area contributed by atoms with E-state index < -0.39 is 17.8 Å². The highest BCUT2D eigenvalue weighted by atomic mass is 16.5. The maximum atomic E-state index is 12.5. The fourth-order valence-corrected chi connectivity index (χ4v) is 2.48. The van der Waals surface area contributed by atoms with Gasteiger partial charge in [0.05, 0.1) is 6.54 Å². The molecule has 2 aromatic carbocycles. The summed E-state index contributed by atoms with van der Waals surface area (Å²) in [5.41, 5.74) is 3.84. The van der Waals surface area contributed by atoms with Crippen LogP contribution in [0, 0.1) is 0 Å². The number of hydrogen-bond acceptors (Lipinski definition) is 4. The highest BCUT2D eigenvalue weighted by Crippen LogP contribution is 2.19. The lowest BCUT2D eigenvalue weighted by Gasteiger charge is -2.31. The number of benzene rings is 2. The van der Waals surface area contributed by atoms with Crippen molar-refractivity contribution in [3.63, 3.8) is 0 Å². The lowest BCUT2D eigenvalue weighted by atomic mass is 9.98. The summed E-state index contributed by atoms with van der Waals surface area (Å²) in [6.07, 6.45) is 0.398. The lowest BCUT2D eigenvalue weighted by molar-refractivity contribution is -0.156. The second-order valence-electron chi connectivity index (χ2n) is 5.71. The Morgan fingerprint density at radius 1 is 1.04 bits per heavy atom. The van der Waals surface area contributed by atoms with Crippen molar-refractivity contribution in [3.05, 3.63) is 71.8 Å². The number of hydrogen-bond donors (Lipinski definition) is 1. The number of amides is 2. The van der Waals surface area contributed by atoms with Crippen molar-refractivity contribution in [1.29, 1.82) is 0 Å². The van der Waals surface area contributed by atoms with E-state index in [4.69, 9.17) is 4.74 Å². The van der Waals surface area contributed by atoms with E-state index in [0.717, 1.165) is 5.56 Å². The normalized spacial score (nSPS) is 14.4. The van der Waals surface area contributed by atoms with E-state index in [2.05, 4.69) is 5.43 Å². The van der Waals surface area contributed by atoms with Crippen molar-refractivity contribution in [2.24, 2.45) is 0 Å². The third-order valence-electron chi connectivity index (χ3n) is 3.95. The summed E-state index contributed by atoms with van der Waals surface area (Å²) >= 11 is 0. The molecule has 0 spiro atoms. The standard InChI is InChI=1S/C19H18N2O4/c22-16-11-12-21(16)20-18(23)17(15-9-5-2-6-10-15)19(24)25-13-14-7-3-1-4-8-14/h1-10,17H,11-13H2,(H,20,23)/t17-/m0/s1. The molecule has 6 nitrogen and oxygen atoms in total. The summed E-state index contributed by atoms with van der Waals surface area (Å²) in [6.45, 7) is 0.532. The number of ether oxygens (including phenoxy) is 1. The predicted molar refractivity (Wildman–Crippen MR) is 89.9 cm³/mol. The zero-order valence-electron chi connectivity index (χ0n) is 13.6. The molecule has 1 aliphatic heterocycles. The highest BCUT2D eigenvalue weighted by Gasteiger charge is 2.34. The molecule has 0 saturated carbocycles. The molecule has 0 aromatic heterocycles. The Kier molecular flexibility index (Phi) is 5.09. The van der Waals surface area contributed by atoms with Crippen LogP contribution < -0.4 is 5.43 Å². The minimum absolute atomic E-state index is 0.0823. The van der Waals surface area contributed by atoms with Gasteiger partial charge in [-0.3, -0.25) is 24.8 Å². The lowest BCUT2D eigenvalue weighted by Crippen LogP contribution is -2.56. The number of nitrogens with zero attached hydrogens (tertiary/aromatic N) is 1. The van der Waals surface area contributed by atoms with Crippen LogP contribution in [0.3, 0.4) is 0 Å². The van der Waals surface area contributed by atoms with Crippen LogP contribution in [-0.2, 0) is 25.7 Å². The van der Waals surface area contributed by atoms with Crippen LogP contribution in [0.4, 0.5) is 0 Å². The Morgan fingerprint density at radius 3 is 2.24 bits per heavy atom. The van der Waals surface area contributed by atoms with Crippen LogP contribution in [0.1, 0.15) is 23.5 Å². The molecule has 2 aromatic rings. The summed E-state index contributed by atoms with van der Waals surface area (Å²) < 4.78 is 5.32. The molecule has 0 radical (unpaired) electrons. The smallest absolute Gasteiger partial charge is 0.323 e. The van der Waals surface area contributed by atoms with Gasteiger partial charge in [-0.2, -0.15) is 0 Å². The van der Waals surface area contributed by atoms with Gasteiger partial charge < -0.3 is 4.74 Å². The van der Waals surface area contributed by atoms with Crippen molar-refractivity contribution in [1.82, 2.24) is 10.4 Å². The Balaban J connectivity index is 1.72. The van der Waals surface area contributed by atoms with Gasteiger partial charge in [-0.1, -0.05) is 60.7 Å². The van der Waals surface area contributed by atoms with Gasteiger partial charge >= 0.3 is 5.97 Å². The zero-order chi connectivity index (χ0) is 17.6. The van der Waals surface area contributed by atoms with Crippen LogP contribution in [0.2, 0.25) is 0 Å². The second kappa shape index (κ2) is 7.61. The number of carbonyl (C=O) groups is 3. The van der Waals surface area contributed by atoms with E-state index in [1.165, 1.54) is 5.01 Å². The summed E-state index contributed by atoms with van der Waals surface area (Å²) in [7, 11) is 0. The summed E-state index contributed by atoms with van der Waals surface area (Å²) in [4.78, 5) is 36.5.